The summed E-state index contributed by atoms with van der Waals surface area (Å²) in [7, 11) is 0. The van der Waals surface area contributed by atoms with Gasteiger partial charge in [0.05, 0.1) is 5.69 Å². The van der Waals surface area contributed by atoms with Crippen LogP contribution in [0.25, 0.3) is 6.08 Å². The van der Waals surface area contributed by atoms with Crippen LogP contribution >= 0.6 is 12.2 Å². The molecular formula is C24H18N2O3S. The third kappa shape index (κ3) is 3.99. The first-order valence-electron chi connectivity index (χ1n) is 9.33. The second kappa shape index (κ2) is 8.31. The molecule has 5 nitrogen and oxygen atoms in total. The third-order valence-electron chi connectivity index (χ3n) is 4.66. The van der Waals surface area contributed by atoms with E-state index < -0.39 is 11.8 Å². The normalized spacial score (nSPS) is 15.3. The molecule has 0 unspecified atom stereocenters. The number of anilines is 1. The van der Waals surface area contributed by atoms with E-state index in [2.05, 4.69) is 5.32 Å². The smallest absolute Gasteiger partial charge is 0.270 e. The minimum absolute atomic E-state index is 0.0301. The van der Waals surface area contributed by atoms with Crippen LogP contribution in [0.3, 0.4) is 0 Å². The van der Waals surface area contributed by atoms with Gasteiger partial charge in [0.25, 0.3) is 11.8 Å². The highest BCUT2D eigenvalue weighted by Gasteiger charge is 2.34. The average Bonchev–Trinajstić information content (AvgIpc) is 2.74. The standard InChI is InChI=1S/C24H18N2O3S/c1-16-7-5-6-8-17(16)15-21-22(27)25-24(30)26(23(21)28)18-11-13-20(14-12-18)29-19-9-3-2-4-10-19/h2-15H,1H3,(H,25,27,30)/b21-15+. The van der Waals surface area contributed by atoms with Gasteiger partial charge in [-0.3, -0.25) is 19.8 Å². The van der Waals surface area contributed by atoms with E-state index in [1.807, 2.05) is 61.5 Å². The lowest BCUT2D eigenvalue weighted by Gasteiger charge is -2.29. The van der Waals surface area contributed by atoms with Crippen molar-refractivity contribution < 1.29 is 14.3 Å². The van der Waals surface area contributed by atoms with Gasteiger partial charge in [-0.05, 0) is 72.7 Å². The molecule has 0 bridgehead atoms. The van der Waals surface area contributed by atoms with E-state index in [-0.39, 0.29) is 10.7 Å². The number of carbonyl (C=O) groups is 2. The van der Waals surface area contributed by atoms with Crippen LogP contribution in [-0.4, -0.2) is 16.9 Å². The lowest BCUT2D eigenvalue weighted by atomic mass is 10.0. The van der Waals surface area contributed by atoms with Crippen molar-refractivity contribution >= 4 is 40.9 Å². The maximum absolute atomic E-state index is 13.1. The van der Waals surface area contributed by atoms with Gasteiger partial charge in [-0.1, -0.05) is 42.5 Å². The Morgan fingerprint density at radius 3 is 2.20 bits per heavy atom. The van der Waals surface area contributed by atoms with E-state index in [9.17, 15) is 9.59 Å². The Bertz CT molecular complexity index is 1150. The van der Waals surface area contributed by atoms with Crippen LogP contribution in [-0.2, 0) is 9.59 Å². The summed E-state index contributed by atoms with van der Waals surface area (Å²) in [6.45, 7) is 1.92. The molecule has 6 heteroatoms. The molecule has 1 saturated heterocycles. The molecule has 1 aliphatic rings. The molecule has 30 heavy (non-hydrogen) atoms. The summed E-state index contributed by atoms with van der Waals surface area (Å²) >= 11 is 5.26. The van der Waals surface area contributed by atoms with Gasteiger partial charge >= 0.3 is 0 Å². The summed E-state index contributed by atoms with van der Waals surface area (Å²) in [5.74, 6) is 0.364. The number of aryl methyl sites for hydroxylation is 1. The molecule has 0 spiro atoms. The monoisotopic (exact) mass is 414 g/mol. The second-order valence-corrected chi connectivity index (χ2v) is 7.11. The van der Waals surface area contributed by atoms with Crippen molar-refractivity contribution in [3.63, 3.8) is 0 Å². The lowest BCUT2D eigenvalue weighted by Crippen LogP contribution is -2.54. The molecule has 0 aromatic heterocycles. The zero-order valence-corrected chi connectivity index (χ0v) is 17.0. The molecule has 1 N–H and O–H groups in total. The third-order valence-corrected chi connectivity index (χ3v) is 4.95. The molecule has 148 valence electrons. The molecule has 0 atom stereocenters. The number of amides is 2. The Labute approximate surface area is 179 Å². The van der Waals surface area contributed by atoms with Gasteiger partial charge in [0.1, 0.15) is 17.1 Å². The number of hydrogen-bond acceptors (Lipinski definition) is 4. The van der Waals surface area contributed by atoms with E-state index in [1.54, 1.807) is 30.3 Å². The van der Waals surface area contributed by atoms with Gasteiger partial charge in [-0.15, -0.1) is 0 Å². The van der Waals surface area contributed by atoms with Crippen molar-refractivity contribution in [3.05, 3.63) is 95.6 Å². The van der Waals surface area contributed by atoms with Crippen LogP contribution in [0.1, 0.15) is 11.1 Å². The highest BCUT2D eigenvalue weighted by molar-refractivity contribution is 7.80. The van der Waals surface area contributed by atoms with Gasteiger partial charge < -0.3 is 4.74 Å². The highest BCUT2D eigenvalue weighted by Crippen LogP contribution is 2.27. The van der Waals surface area contributed by atoms with Crippen LogP contribution in [0.2, 0.25) is 0 Å². The van der Waals surface area contributed by atoms with Gasteiger partial charge in [0.15, 0.2) is 5.11 Å². The predicted octanol–water partition coefficient (Wildman–Crippen LogP) is 4.62. The topological polar surface area (TPSA) is 58.6 Å². The molecule has 1 aliphatic heterocycles. The van der Waals surface area contributed by atoms with Crippen molar-refractivity contribution in [1.29, 1.82) is 0 Å². The SMILES string of the molecule is Cc1ccccc1/C=C1\C(=O)NC(=S)N(c2ccc(Oc3ccccc3)cc2)C1=O. The second-order valence-electron chi connectivity index (χ2n) is 6.72. The summed E-state index contributed by atoms with van der Waals surface area (Å²) < 4.78 is 5.79. The van der Waals surface area contributed by atoms with Crippen LogP contribution in [0, 0.1) is 6.92 Å². The van der Waals surface area contributed by atoms with Crippen molar-refractivity contribution in [2.24, 2.45) is 0 Å². The Kier molecular flexibility index (Phi) is 5.41. The van der Waals surface area contributed by atoms with Gasteiger partial charge in [-0.2, -0.15) is 0 Å². The average molecular weight is 414 g/mol. The molecular weight excluding hydrogens is 396 g/mol. The van der Waals surface area contributed by atoms with Gasteiger partial charge in [0.2, 0.25) is 0 Å². The number of para-hydroxylation sites is 1. The van der Waals surface area contributed by atoms with Crippen LogP contribution < -0.4 is 15.0 Å². The highest BCUT2D eigenvalue weighted by atomic mass is 32.1. The first kappa shape index (κ1) is 19.5. The molecule has 0 aliphatic carbocycles. The van der Waals surface area contributed by atoms with Crippen molar-refractivity contribution in [3.8, 4) is 11.5 Å². The minimum atomic E-state index is -0.506. The number of benzene rings is 3. The molecule has 1 heterocycles. The number of hydrogen-bond donors (Lipinski definition) is 1. The zero-order chi connectivity index (χ0) is 21.1. The first-order valence-corrected chi connectivity index (χ1v) is 9.74. The van der Waals surface area contributed by atoms with E-state index >= 15 is 0 Å². The number of nitrogens with zero attached hydrogens (tertiary/aromatic N) is 1. The zero-order valence-electron chi connectivity index (χ0n) is 16.2. The molecule has 3 aromatic carbocycles. The summed E-state index contributed by atoms with van der Waals surface area (Å²) in [4.78, 5) is 26.9. The van der Waals surface area contributed by atoms with Crippen molar-refractivity contribution in [2.75, 3.05) is 4.90 Å². The van der Waals surface area contributed by atoms with Crippen LogP contribution in [0.5, 0.6) is 11.5 Å². The fourth-order valence-electron chi connectivity index (χ4n) is 3.08. The van der Waals surface area contributed by atoms with E-state index in [4.69, 9.17) is 17.0 Å². The molecule has 0 radical (unpaired) electrons. The van der Waals surface area contributed by atoms with E-state index in [1.165, 1.54) is 4.90 Å². The Morgan fingerprint density at radius 1 is 0.867 bits per heavy atom. The number of carbonyl (C=O) groups excluding carboxylic acids is 2. The van der Waals surface area contributed by atoms with Gasteiger partial charge in [0, 0.05) is 0 Å². The molecule has 4 rings (SSSR count). The largest absolute Gasteiger partial charge is 0.457 e. The molecule has 3 aromatic rings. The molecule has 0 saturated carbocycles. The Hall–Kier alpha value is -3.77. The number of thiocarbonyl (C=S) groups is 1. The fraction of sp³-hybridized carbons (Fsp3) is 0.0417. The molecule has 2 amide bonds. The minimum Gasteiger partial charge on any atom is -0.457 e. The summed E-state index contributed by atoms with van der Waals surface area (Å²) in [5, 5.41) is 2.65. The number of ether oxygens (including phenoxy) is 1. The summed E-state index contributed by atoms with van der Waals surface area (Å²) in [6, 6.07) is 23.9. The quantitative estimate of drug-likeness (QED) is 0.385. The fourth-order valence-corrected chi connectivity index (χ4v) is 3.37. The Balaban J connectivity index is 1.61. The predicted molar refractivity (Wildman–Crippen MR) is 120 cm³/mol. The number of rotatable bonds is 4. The first-order chi connectivity index (χ1) is 14.5. The van der Waals surface area contributed by atoms with E-state index in [0.29, 0.717) is 17.2 Å². The summed E-state index contributed by atoms with van der Waals surface area (Å²) in [6.07, 6.45) is 1.59. The van der Waals surface area contributed by atoms with Crippen LogP contribution in [0.4, 0.5) is 5.69 Å². The maximum atomic E-state index is 13.1. The van der Waals surface area contributed by atoms with E-state index in [0.717, 1.165) is 11.1 Å². The van der Waals surface area contributed by atoms with Crippen molar-refractivity contribution in [1.82, 2.24) is 5.32 Å². The van der Waals surface area contributed by atoms with Gasteiger partial charge in [-0.25, -0.2) is 0 Å². The Morgan fingerprint density at radius 2 is 1.50 bits per heavy atom. The number of nitrogens with one attached hydrogen (secondary N) is 1. The lowest BCUT2D eigenvalue weighted by molar-refractivity contribution is -0.122. The van der Waals surface area contributed by atoms with Crippen LogP contribution in [0.15, 0.2) is 84.4 Å². The van der Waals surface area contributed by atoms with Crippen molar-refractivity contribution in [2.45, 2.75) is 6.92 Å². The maximum Gasteiger partial charge on any atom is 0.270 e. The summed E-state index contributed by atoms with van der Waals surface area (Å²) in [5.41, 5.74) is 2.34. The molecule has 1 fully saturated rings.